The highest BCUT2D eigenvalue weighted by atomic mass is 14.9. The molecule has 1 aliphatic carbocycles. The van der Waals surface area contributed by atoms with Gasteiger partial charge in [0.15, 0.2) is 0 Å². The number of aliphatic imine (C=N–C) groups is 2. The summed E-state index contributed by atoms with van der Waals surface area (Å²) in [5.41, 5.74) is 2.97. The Kier molecular flexibility index (Phi) is 1.93. The number of terminal acetylenes is 1. The van der Waals surface area contributed by atoms with E-state index in [2.05, 4.69) is 15.9 Å². The van der Waals surface area contributed by atoms with Crippen molar-refractivity contribution in [3.63, 3.8) is 0 Å². The lowest BCUT2D eigenvalue weighted by molar-refractivity contribution is 1.34. The van der Waals surface area contributed by atoms with Gasteiger partial charge in [-0.3, -0.25) is 0 Å². The van der Waals surface area contributed by atoms with Crippen molar-refractivity contribution in [2.24, 2.45) is 9.98 Å². The zero-order valence-electron chi connectivity index (χ0n) is 7.07. The molecular weight excluding hydrogens is 160 g/mol. The monoisotopic (exact) mass is 168 g/mol. The van der Waals surface area contributed by atoms with Crippen LogP contribution in [0.15, 0.2) is 45.6 Å². The molecule has 1 heterocycles. The summed E-state index contributed by atoms with van der Waals surface area (Å²) in [6.07, 6.45) is 15.3. The summed E-state index contributed by atoms with van der Waals surface area (Å²) < 4.78 is 0. The minimum absolute atomic E-state index is 0.807. The molecule has 0 amide bonds. The van der Waals surface area contributed by atoms with Crippen LogP contribution in [0.4, 0.5) is 0 Å². The Hall–Kier alpha value is -1.88. The van der Waals surface area contributed by atoms with Crippen molar-refractivity contribution < 1.29 is 0 Å². The third-order valence-corrected chi connectivity index (χ3v) is 1.88. The van der Waals surface area contributed by atoms with Crippen molar-refractivity contribution >= 4 is 12.1 Å². The highest BCUT2D eigenvalue weighted by Crippen LogP contribution is 2.15. The van der Waals surface area contributed by atoms with Gasteiger partial charge in [-0.1, -0.05) is 5.92 Å². The molecule has 0 atom stereocenters. The largest absolute Gasteiger partial charge is 0.245 e. The Bertz CT molecular complexity index is 412. The first kappa shape index (κ1) is 7.75. The van der Waals surface area contributed by atoms with Crippen LogP contribution in [0.25, 0.3) is 0 Å². The van der Waals surface area contributed by atoms with Crippen LogP contribution in [0.1, 0.15) is 6.42 Å². The molecule has 0 aromatic rings. The minimum atomic E-state index is 0.807. The minimum Gasteiger partial charge on any atom is -0.245 e. The van der Waals surface area contributed by atoms with E-state index < -0.39 is 0 Å². The zero-order valence-corrected chi connectivity index (χ0v) is 7.07. The number of hydrogen-bond donors (Lipinski definition) is 0. The van der Waals surface area contributed by atoms with E-state index in [1.807, 2.05) is 18.2 Å². The summed E-state index contributed by atoms with van der Waals surface area (Å²) in [5, 5.41) is 0. The Morgan fingerprint density at radius 2 is 2.31 bits per heavy atom. The first-order valence-electron chi connectivity index (χ1n) is 4.02. The summed E-state index contributed by atoms with van der Waals surface area (Å²) in [5.74, 6) is 2.60. The molecule has 0 unspecified atom stereocenters. The second-order valence-corrected chi connectivity index (χ2v) is 2.84. The third kappa shape index (κ3) is 1.65. The van der Waals surface area contributed by atoms with Crippen LogP contribution >= 0.6 is 0 Å². The molecule has 0 aromatic heterocycles. The van der Waals surface area contributed by atoms with E-state index in [1.54, 1.807) is 12.5 Å². The normalized spacial score (nSPS) is 19.2. The van der Waals surface area contributed by atoms with E-state index in [0.29, 0.717) is 0 Å². The van der Waals surface area contributed by atoms with E-state index >= 15 is 0 Å². The van der Waals surface area contributed by atoms with Gasteiger partial charge in [0.25, 0.3) is 0 Å². The van der Waals surface area contributed by atoms with E-state index in [0.717, 1.165) is 23.3 Å². The molecule has 62 valence electrons. The van der Waals surface area contributed by atoms with Gasteiger partial charge in [0.2, 0.25) is 0 Å². The lowest BCUT2D eigenvalue weighted by Gasteiger charge is -1.94. The number of allylic oxidation sites excluding steroid dienone is 5. The van der Waals surface area contributed by atoms with Gasteiger partial charge in [-0.2, -0.15) is 0 Å². The molecule has 2 rings (SSSR count). The fraction of sp³-hybridized carbons (Fsp3) is 0.0909. The second-order valence-electron chi connectivity index (χ2n) is 2.84. The van der Waals surface area contributed by atoms with Crippen molar-refractivity contribution in [3.05, 3.63) is 35.6 Å². The van der Waals surface area contributed by atoms with Gasteiger partial charge in [0, 0.05) is 23.9 Å². The van der Waals surface area contributed by atoms with Gasteiger partial charge < -0.3 is 0 Å². The van der Waals surface area contributed by atoms with Crippen molar-refractivity contribution in [1.29, 1.82) is 0 Å². The number of rotatable bonds is 0. The molecule has 13 heavy (non-hydrogen) atoms. The molecule has 0 N–H and O–H groups in total. The molecule has 0 aromatic carbocycles. The molecule has 0 radical (unpaired) electrons. The molecule has 0 saturated carbocycles. The maximum absolute atomic E-state index is 5.32. The highest BCUT2D eigenvalue weighted by molar-refractivity contribution is 6.02. The molecule has 2 nitrogen and oxygen atoms in total. The molecule has 0 saturated heterocycles. The SMILES string of the molecule is C#CC1=CC2=CN=CN=C(C=C1)C2. The van der Waals surface area contributed by atoms with E-state index in [9.17, 15) is 0 Å². The van der Waals surface area contributed by atoms with Crippen molar-refractivity contribution in [1.82, 2.24) is 0 Å². The number of hydrogen-bond acceptors (Lipinski definition) is 2. The molecule has 0 fully saturated rings. The van der Waals surface area contributed by atoms with Gasteiger partial charge in [0.05, 0.1) is 0 Å². The molecule has 2 heteroatoms. The molecule has 2 aliphatic rings. The molecule has 0 spiro atoms. The van der Waals surface area contributed by atoms with Gasteiger partial charge >= 0.3 is 0 Å². The molecular formula is C11H8N2. The number of fused-ring (bicyclic) bond motifs is 2. The average Bonchev–Trinajstić information content (AvgIpc) is 2.49. The van der Waals surface area contributed by atoms with Crippen LogP contribution in [0.5, 0.6) is 0 Å². The fourth-order valence-corrected chi connectivity index (χ4v) is 1.25. The number of nitrogens with zero attached hydrogens (tertiary/aromatic N) is 2. The Balaban J connectivity index is 2.49. The van der Waals surface area contributed by atoms with Crippen molar-refractivity contribution in [2.75, 3.05) is 0 Å². The van der Waals surface area contributed by atoms with Gasteiger partial charge in [-0.05, 0) is 23.8 Å². The topological polar surface area (TPSA) is 24.7 Å². The quantitative estimate of drug-likeness (QED) is 0.493. The lowest BCUT2D eigenvalue weighted by Crippen LogP contribution is -1.92. The van der Waals surface area contributed by atoms with Crippen LogP contribution in [0, 0.1) is 12.3 Å². The summed E-state index contributed by atoms with van der Waals surface area (Å²) in [7, 11) is 0. The first-order valence-corrected chi connectivity index (χ1v) is 4.02. The van der Waals surface area contributed by atoms with Crippen molar-refractivity contribution in [2.45, 2.75) is 6.42 Å². The fourth-order valence-electron chi connectivity index (χ4n) is 1.25. The van der Waals surface area contributed by atoms with Gasteiger partial charge in [0.1, 0.15) is 6.34 Å². The predicted octanol–water partition coefficient (Wildman–Crippen LogP) is 1.87. The van der Waals surface area contributed by atoms with Crippen LogP contribution in [0.3, 0.4) is 0 Å². The standard InChI is InChI=1S/C11H8N2/c1-2-9-3-4-11-6-10(5-9)7-12-8-13-11/h1,3-5,7-8H,6H2. The summed E-state index contributed by atoms with van der Waals surface area (Å²) in [6, 6.07) is 0. The summed E-state index contributed by atoms with van der Waals surface area (Å²) in [6.45, 7) is 0. The Morgan fingerprint density at radius 1 is 1.38 bits per heavy atom. The lowest BCUT2D eigenvalue weighted by atomic mass is 10.1. The van der Waals surface area contributed by atoms with Gasteiger partial charge in [-0.15, -0.1) is 6.42 Å². The second kappa shape index (κ2) is 3.24. The van der Waals surface area contributed by atoms with Crippen molar-refractivity contribution in [3.8, 4) is 12.3 Å². The van der Waals surface area contributed by atoms with E-state index in [1.165, 1.54) is 0 Å². The van der Waals surface area contributed by atoms with Crippen LogP contribution < -0.4 is 0 Å². The van der Waals surface area contributed by atoms with Gasteiger partial charge in [-0.25, -0.2) is 9.98 Å². The molecule has 1 aliphatic heterocycles. The van der Waals surface area contributed by atoms with Crippen LogP contribution in [-0.2, 0) is 0 Å². The Labute approximate surface area is 77.1 Å². The van der Waals surface area contributed by atoms with Crippen LogP contribution in [0.2, 0.25) is 0 Å². The Morgan fingerprint density at radius 3 is 3.15 bits per heavy atom. The summed E-state index contributed by atoms with van der Waals surface area (Å²) >= 11 is 0. The maximum Gasteiger partial charge on any atom is 0.115 e. The first-order chi connectivity index (χ1) is 6.38. The van der Waals surface area contributed by atoms with E-state index in [4.69, 9.17) is 6.42 Å². The maximum atomic E-state index is 5.32. The van der Waals surface area contributed by atoms with E-state index in [-0.39, 0.29) is 0 Å². The highest BCUT2D eigenvalue weighted by Gasteiger charge is 2.05. The van der Waals surface area contributed by atoms with Crippen LogP contribution in [-0.4, -0.2) is 12.1 Å². The predicted molar refractivity (Wildman–Crippen MR) is 54.7 cm³/mol. The molecule has 2 bridgehead atoms. The average molecular weight is 168 g/mol. The smallest absolute Gasteiger partial charge is 0.115 e. The zero-order chi connectivity index (χ0) is 9.10. The third-order valence-electron chi connectivity index (χ3n) is 1.88. The summed E-state index contributed by atoms with van der Waals surface area (Å²) in [4.78, 5) is 8.16.